The van der Waals surface area contributed by atoms with Crippen molar-refractivity contribution in [2.24, 2.45) is 28.6 Å². The van der Waals surface area contributed by atoms with Crippen molar-refractivity contribution in [1.82, 2.24) is 0 Å². The lowest BCUT2D eigenvalue weighted by molar-refractivity contribution is -0.149. The van der Waals surface area contributed by atoms with Gasteiger partial charge < -0.3 is 20.1 Å². The van der Waals surface area contributed by atoms with E-state index in [1.165, 1.54) is 23.8 Å². The van der Waals surface area contributed by atoms with Crippen LogP contribution in [0, 0.1) is 28.6 Å². The van der Waals surface area contributed by atoms with E-state index in [1.54, 1.807) is 12.1 Å². The van der Waals surface area contributed by atoms with Crippen LogP contribution in [0.4, 0.5) is 0 Å². The Hall–Kier alpha value is -2.76. The van der Waals surface area contributed by atoms with Gasteiger partial charge in [-0.1, -0.05) is 45.4 Å². The maximum Gasteiger partial charge on any atom is 0.330 e. The highest BCUT2D eigenvalue weighted by Gasteiger charge is 2.54. The summed E-state index contributed by atoms with van der Waals surface area (Å²) in [7, 11) is 0. The molecule has 2 aliphatic carbocycles. The maximum absolute atomic E-state index is 12.5. The second-order valence-electron chi connectivity index (χ2n) is 11.3. The average Bonchev–Trinajstić information content (AvgIpc) is 2.77. The van der Waals surface area contributed by atoms with Gasteiger partial charge in [0.2, 0.25) is 0 Å². The van der Waals surface area contributed by atoms with Gasteiger partial charge in [-0.05, 0) is 85.5 Å². The second kappa shape index (κ2) is 10.9. The minimum atomic E-state index is -0.743. The van der Waals surface area contributed by atoms with E-state index in [9.17, 15) is 19.8 Å². The van der Waals surface area contributed by atoms with Crippen LogP contribution in [0.25, 0.3) is 6.08 Å². The van der Waals surface area contributed by atoms with Gasteiger partial charge in [-0.15, -0.1) is 0 Å². The Labute approximate surface area is 208 Å². The van der Waals surface area contributed by atoms with Gasteiger partial charge >= 0.3 is 11.9 Å². The van der Waals surface area contributed by atoms with Gasteiger partial charge in [0.1, 0.15) is 0 Å². The number of carboxylic acids is 1. The number of allylic oxidation sites excluding steroid dienone is 1. The first-order valence-corrected chi connectivity index (χ1v) is 12.7. The van der Waals surface area contributed by atoms with Crippen LogP contribution < -0.4 is 0 Å². The fourth-order valence-electron chi connectivity index (χ4n) is 6.73. The number of fused-ring (bicyclic) bond motifs is 1. The Kier molecular flexibility index (Phi) is 8.34. The number of ether oxygens (including phenoxy) is 1. The molecule has 2 aliphatic rings. The number of carboxylic acid groups (broad SMARTS) is 1. The van der Waals surface area contributed by atoms with Gasteiger partial charge in [-0.25, -0.2) is 4.79 Å². The summed E-state index contributed by atoms with van der Waals surface area (Å²) in [6, 6.07) is 4.37. The number of phenolic OH excluding ortho intramolecular Hbond substituents is 2. The molecule has 6 nitrogen and oxygen atoms in total. The Morgan fingerprint density at radius 1 is 1.23 bits per heavy atom. The fraction of sp³-hybridized carbons (Fsp3) is 0.586. The van der Waals surface area contributed by atoms with E-state index in [1.807, 2.05) is 6.92 Å². The number of aromatic hydroxyl groups is 2. The van der Waals surface area contributed by atoms with Crippen LogP contribution in [0.5, 0.6) is 11.5 Å². The summed E-state index contributed by atoms with van der Waals surface area (Å²) in [5.41, 5.74) is 1.82. The van der Waals surface area contributed by atoms with Crippen LogP contribution in [0.1, 0.15) is 77.7 Å². The van der Waals surface area contributed by atoms with E-state index < -0.39 is 11.9 Å². The quantitative estimate of drug-likeness (QED) is 0.164. The lowest BCUT2D eigenvalue weighted by Crippen LogP contribution is -2.52. The number of aliphatic carboxylic acids is 1. The molecule has 5 atom stereocenters. The molecule has 35 heavy (non-hydrogen) atoms. The molecule has 5 unspecified atom stereocenters. The third-order valence-corrected chi connectivity index (χ3v) is 8.57. The highest BCUT2D eigenvalue weighted by molar-refractivity contribution is 5.87. The van der Waals surface area contributed by atoms with Gasteiger partial charge in [-0.2, -0.15) is 0 Å². The van der Waals surface area contributed by atoms with E-state index in [-0.39, 0.29) is 34.7 Å². The third kappa shape index (κ3) is 6.28. The highest BCUT2D eigenvalue weighted by Crippen LogP contribution is 2.62. The summed E-state index contributed by atoms with van der Waals surface area (Å²) in [6.45, 7) is 11.4. The van der Waals surface area contributed by atoms with Crippen molar-refractivity contribution >= 4 is 18.0 Å². The Morgan fingerprint density at radius 2 is 1.97 bits per heavy atom. The molecule has 0 bridgehead atoms. The molecule has 192 valence electrons. The molecular formula is C29H40O6. The van der Waals surface area contributed by atoms with E-state index in [4.69, 9.17) is 9.84 Å². The van der Waals surface area contributed by atoms with Crippen molar-refractivity contribution in [3.05, 3.63) is 42.0 Å². The normalized spacial score (nSPS) is 29.5. The summed E-state index contributed by atoms with van der Waals surface area (Å²) >= 11 is 0. The molecule has 6 heteroatoms. The topological polar surface area (TPSA) is 104 Å². The third-order valence-electron chi connectivity index (χ3n) is 8.57. The number of carbonyl (C=O) groups excluding carboxylic acids is 1. The lowest BCUT2D eigenvalue weighted by Gasteiger charge is -2.58. The lowest BCUT2D eigenvalue weighted by atomic mass is 9.46. The molecule has 0 heterocycles. The fourth-order valence-corrected chi connectivity index (χ4v) is 6.73. The molecule has 1 aromatic rings. The number of hydrogen-bond acceptors (Lipinski definition) is 5. The molecule has 0 amide bonds. The maximum atomic E-state index is 12.5. The number of benzene rings is 1. The summed E-state index contributed by atoms with van der Waals surface area (Å²) in [5.74, 6) is -0.710. The first-order valence-electron chi connectivity index (χ1n) is 12.7. The van der Waals surface area contributed by atoms with Crippen molar-refractivity contribution in [1.29, 1.82) is 0 Å². The smallest absolute Gasteiger partial charge is 0.330 e. The SMILES string of the molecule is C=C1CCC2C(C)(COC(=O)C=Cc3ccc(O)c(O)c3)CCCC2(C)C1CCC(C)CC(=O)O. The van der Waals surface area contributed by atoms with Crippen molar-refractivity contribution in [2.75, 3.05) is 6.61 Å². The predicted octanol–water partition coefficient (Wildman–Crippen LogP) is 6.32. The van der Waals surface area contributed by atoms with E-state index in [0.717, 1.165) is 44.9 Å². The molecule has 2 fully saturated rings. The van der Waals surface area contributed by atoms with Crippen LogP contribution in [-0.4, -0.2) is 33.9 Å². The van der Waals surface area contributed by atoms with Crippen LogP contribution in [0.15, 0.2) is 36.4 Å². The summed E-state index contributed by atoms with van der Waals surface area (Å²) in [4.78, 5) is 23.6. The monoisotopic (exact) mass is 484 g/mol. The van der Waals surface area contributed by atoms with Crippen molar-refractivity contribution < 1.29 is 29.6 Å². The standard InChI is InChI=1S/C29H40O6/c1-19(16-26(32)33)6-10-22-20(2)7-12-25-28(3,14-5-15-29(22,25)4)18-35-27(34)13-9-21-8-11-23(30)24(31)17-21/h8-9,11,13,17,19,22,25,30-31H,2,5-7,10,12,14-16,18H2,1,3-4H3,(H,32,33). The Balaban J connectivity index is 1.66. The molecule has 0 spiro atoms. The van der Waals surface area contributed by atoms with Crippen LogP contribution in [0.2, 0.25) is 0 Å². The molecule has 2 saturated carbocycles. The summed E-state index contributed by atoms with van der Waals surface area (Å²) in [6.07, 6.45) is 10.1. The first-order chi connectivity index (χ1) is 16.4. The number of rotatable bonds is 9. The molecule has 0 aromatic heterocycles. The second-order valence-corrected chi connectivity index (χ2v) is 11.3. The van der Waals surface area contributed by atoms with Crippen molar-refractivity contribution in [3.8, 4) is 11.5 Å². The van der Waals surface area contributed by atoms with E-state index in [2.05, 4.69) is 20.4 Å². The van der Waals surface area contributed by atoms with Gasteiger partial charge in [-0.3, -0.25) is 4.79 Å². The van der Waals surface area contributed by atoms with Crippen LogP contribution in [0.3, 0.4) is 0 Å². The highest BCUT2D eigenvalue weighted by atomic mass is 16.5. The first kappa shape index (κ1) is 26.8. The van der Waals surface area contributed by atoms with Gasteiger partial charge in [0.05, 0.1) is 6.61 Å². The molecule has 1 aromatic carbocycles. The van der Waals surface area contributed by atoms with Crippen molar-refractivity contribution in [3.63, 3.8) is 0 Å². The zero-order valence-corrected chi connectivity index (χ0v) is 21.3. The minimum Gasteiger partial charge on any atom is -0.504 e. The van der Waals surface area contributed by atoms with Gasteiger partial charge in [0, 0.05) is 17.9 Å². The largest absolute Gasteiger partial charge is 0.504 e. The number of hydrogen-bond donors (Lipinski definition) is 3. The Bertz CT molecular complexity index is 981. The molecule has 3 N–H and O–H groups in total. The summed E-state index contributed by atoms with van der Waals surface area (Å²) in [5, 5.41) is 28.2. The number of carbonyl (C=O) groups is 2. The molecule has 0 aliphatic heterocycles. The van der Waals surface area contributed by atoms with Crippen LogP contribution in [-0.2, 0) is 14.3 Å². The average molecular weight is 485 g/mol. The minimum absolute atomic E-state index is 0.0666. The zero-order chi connectivity index (χ0) is 25.8. The van der Waals surface area contributed by atoms with Crippen molar-refractivity contribution in [2.45, 2.75) is 72.1 Å². The molecule has 3 rings (SSSR count). The van der Waals surface area contributed by atoms with E-state index >= 15 is 0 Å². The van der Waals surface area contributed by atoms with Crippen LogP contribution >= 0.6 is 0 Å². The van der Waals surface area contributed by atoms with Gasteiger partial charge in [0.15, 0.2) is 11.5 Å². The molecule has 0 radical (unpaired) electrons. The van der Waals surface area contributed by atoms with Gasteiger partial charge in [0.25, 0.3) is 0 Å². The number of esters is 1. The molecule has 0 saturated heterocycles. The molecular weight excluding hydrogens is 444 g/mol. The summed E-state index contributed by atoms with van der Waals surface area (Å²) < 4.78 is 5.73. The number of phenols is 2. The zero-order valence-electron chi connectivity index (χ0n) is 21.3. The predicted molar refractivity (Wildman–Crippen MR) is 136 cm³/mol. The van der Waals surface area contributed by atoms with E-state index in [0.29, 0.717) is 24.0 Å². The Morgan fingerprint density at radius 3 is 2.66 bits per heavy atom.